The third-order valence-corrected chi connectivity index (χ3v) is 11.8. The van der Waals surface area contributed by atoms with Crippen molar-refractivity contribution in [2.24, 2.45) is 0 Å². The van der Waals surface area contributed by atoms with Crippen molar-refractivity contribution in [2.75, 3.05) is 19.8 Å². The maximum atomic E-state index is 12.8. The van der Waals surface area contributed by atoms with E-state index < -0.39 is 55.6 Å². The number of rotatable bonds is 41. The molecule has 6 N–H and O–H groups in total. The minimum absolute atomic E-state index is 0.263. The first-order chi connectivity index (χ1) is 28.3. The van der Waals surface area contributed by atoms with E-state index in [4.69, 9.17) is 14.2 Å². The fraction of sp³-hybridized carbons (Fsp3) is 0.938. The predicted molar refractivity (Wildman–Crippen MR) is 237 cm³/mol. The third kappa shape index (κ3) is 29.9. The number of ether oxygens (including phenoxy) is 3. The highest BCUT2D eigenvalue weighted by atomic mass is 16.7. The zero-order valence-electron chi connectivity index (χ0n) is 37.5. The number of hydrogen-bond acceptors (Lipinski definition) is 9. The summed E-state index contributed by atoms with van der Waals surface area (Å²) < 4.78 is 16.6. The van der Waals surface area contributed by atoms with Crippen LogP contribution in [0.15, 0.2) is 12.2 Å². The van der Waals surface area contributed by atoms with Gasteiger partial charge < -0.3 is 45.1 Å². The number of carbonyl (C=O) groups excluding carboxylic acids is 1. The van der Waals surface area contributed by atoms with E-state index in [1.54, 1.807) is 6.08 Å². The molecule has 0 radical (unpaired) electrons. The van der Waals surface area contributed by atoms with Gasteiger partial charge in [0.2, 0.25) is 0 Å². The van der Waals surface area contributed by atoms with Gasteiger partial charge in [-0.1, -0.05) is 219 Å². The Morgan fingerprint density at radius 1 is 0.586 bits per heavy atom. The third-order valence-electron chi connectivity index (χ3n) is 11.8. The Bertz CT molecular complexity index is 922. The first kappa shape index (κ1) is 54.7. The molecule has 10 heteroatoms. The van der Waals surface area contributed by atoms with Gasteiger partial charge in [0.15, 0.2) is 6.29 Å². The number of hydrogen-bond donors (Lipinski definition) is 6. The number of alkyl carbamates (subject to hydrolysis) is 1. The van der Waals surface area contributed by atoms with Crippen molar-refractivity contribution in [3.63, 3.8) is 0 Å². The predicted octanol–water partition coefficient (Wildman–Crippen LogP) is 10.7. The van der Waals surface area contributed by atoms with Gasteiger partial charge in [0.05, 0.1) is 32.0 Å². The molecule has 0 aromatic carbocycles. The molecule has 344 valence electrons. The van der Waals surface area contributed by atoms with Crippen LogP contribution in [-0.4, -0.2) is 94.3 Å². The maximum Gasteiger partial charge on any atom is 0.407 e. The summed E-state index contributed by atoms with van der Waals surface area (Å²) in [5.74, 6) is 0. The summed E-state index contributed by atoms with van der Waals surface area (Å²) in [5.41, 5.74) is 0. The van der Waals surface area contributed by atoms with E-state index in [9.17, 15) is 30.3 Å². The molecule has 1 saturated heterocycles. The second-order valence-electron chi connectivity index (χ2n) is 17.2. The number of carbonyl (C=O) groups is 1. The lowest BCUT2D eigenvalue weighted by Gasteiger charge is -2.40. The van der Waals surface area contributed by atoms with E-state index in [1.165, 1.54) is 173 Å². The number of nitrogens with one attached hydrogen (secondary N) is 1. The summed E-state index contributed by atoms with van der Waals surface area (Å²) in [6.07, 6.45) is 36.8. The van der Waals surface area contributed by atoms with Crippen LogP contribution in [0.3, 0.4) is 0 Å². The van der Waals surface area contributed by atoms with Crippen molar-refractivity contribution in [3.8, 4) is 0 Å². The molecule has 1 aliphatic heterocycles. The van der Waals surface area contributed by atoms with Crippen molar-refractivity contribution in [2.45, 2.75) is 269 Å². The van der Waals surface area contributed by atoms with Crippen LogP contribution >= 0.6 is 0 Å². The standard InChI is InChI=1S/C48H93NO9/c1-3-5-7-9-11-13-15-17-18-19-20-21-22-23-24-26-28-30-32-34-36-38-56-48(55)49-41(40-57-47-46(54)45(53)44(52)43(39-50)58-47)42(51)37-35-33-31-29-27-25-16-14-12-10-8-6-4-2/h35,37,41-47,50-54H,3-34,36,38-40H2,1-2H3,(H,49,55)/b37-35+/t41-,42+,43-,44-,45-,46-,47+/m0/s1. The fourth-order valence-corrected chi connectivity index (χ4v) is 7.82. The molecule has 0 aliphatic carbocycles. The molecule has 0 aromatic heterocycles. The lowest BCUT2D eigenvalue weighted by atomic mass is 9.99. The molecular formula is C48H93NO9. The van der Waals surface area contributed by atoms with Gasteiger partial charge in [-0.25, -0.2) is 4.79 Å². The zero-order valence-corrected chi connectivity index (χ0v) is 37.5. The van der Waals surface area contributed by atoms with Gasteiger partial charge in [-0.05, 0) is 19.3 Å². The molecule has 0 bridgehead atoms. The van der Waals surface area contributed by atoms with Gasteiger partial charge >= 0.3 is 6.09 Å². The molecule has 7 atom stereocenters. The fourth-order valence-electron chi connectivity index (χ4n) is 7.82. The minimum Gasteiger partial charge on any atom is -0.450 e. The topological polar surface area (TPSA) is 158 Å². The van der Waals surface area contributed by atoms with Gasteiger partial charge in [0.25, 0.3) is 0 Å². The normalized spacial score (nSPS) is 20.8. The Kier molecular flexibility index (Phi) is 37.6. The zero-order chi connectivity index (χ0) is 42.3. The summed E-state index contributed by atoms with van der Waals surface area (Å²) in [6, 6.07) is -0.923. The van der Waals surface area contributed by atoms with E-state index in [-0.39, 0.29) is 13.2 Å². The Hall–Kier alpha value is -1.27. The average Bonchev–Trinajstić information content (AvgIpc) is 3.22. The first-order valence-corrected chi connectivity index (χ1v) is 24.6. The number of aliphatic hydroxyl groups excluding tert-OH is 5. The molecule has 1 amide bonds. The molecule has 1 aliphatic rings. The Morgan fingerprint density at radius 2 is 0.983 bits per heavy atom. The lowest BCUT2D eigenvalue weighted by molar-refractivity contribution is -0.302. The van der Waals surface area contributed by atoms with Gasteiger partial charge in [-0.15, -0.1) is 0 Å². The SMILES string of the molecule is CCCCCCCCCCCCC/C=C/[C@@H](O)[C@H](CO[C@@H]1O[C@@H](CO)[C@H](O)[C@H](O)[C@@H]1O)NC(=O)OCCCCCCCCCCCCCCCCCCCCCCC. The molecule has 58 heavy (non-hydrogen) atoms. The van der Waals surface area contributed by atoms with Crippen LogP contribution in [0, 0.1) is 0 Å². The van der Waals surface area contributed by atoms with Crippen LogP contribution in [0.5, 0.6) is 0 Å². The molecule has 1 fully saturated rings. The Morgan fingerprint density at radius 3 is 1.40 bits per heavy atom. The number of amides is 1. The quantitative estimate of drug-likeness (QED) is 0.0261. The van der Waals surface area contributed by atoms with Gasteiger partial charge in [-0.3, -0.25) is 0 Å². The van der Waals surface area contributed by atoms with Crippen LogP contribution in [0.25, 0.3) is 0 Å². The summed E-state index contributed by atoms with van der Waals surface area (Å²) >= 11 is 0. The van der Waals surface area contributed by atoms with Crippen molar-refractivity contribution in [1.82, 2.24) is 5.32 Å². The highest BCUT2D eigenvalue weighted by Crippen LogP contribution is 2.23. The maximum absolute atomic E-state index is 12.8. The lowest BCUT2D eigenvalue weighted by Crippen LogP contribution is -2.60. The van der Waals surface area contributed by atoms with Gasteiger partial charge in [0, 0.05) is 0 Å². The van der Waals surface area contributed by atoms with Crippen molar-refractivity contribution in [1.29, 1.82) is 0 Å². The van der Waals surface area contributed by atoms with Crippen LogP contribution in [0.4, 0.5) is 4.79 Å². The summed E-state index contributed by atoms with van der Waals surface area (Å²) in [4.78, 5) is 12.8. The second kappa shape index (κ2) is 39.8. The van der Waals surface area contributed by atoms with E-state index >= 15 is 0 Å². The number of allylic oxidation sites excluding steroid dienone is 1. The van der Waals surface area contributed by atoms with Crippen LogP contribution < -0.4 is 5.32 Å². The molecule has 1 rings (SSSR count). The van der Waals surface area contributed by atoms with Crippen molar-refractivity contribution < 1.29 is 44.5 Å². The summed E-state index contributed by atoms with van der Waals surface area (Å²) in [5, 5.41) is 53.9. The molecule has 10 nitrogen and oxygen atoms in total. The van der Waals surface area contributed by atoms with Crippen molar-refractivity contribution >= 4 is 6.09 Å². The molecule has 0 spiro atoms. The van der Waals surface area contributed by atoms with Gasteiger partial charge in [-0.2, -0.15) is 0 Å². The highest BCUT2D eigenvalue weighted by Gasteiger charge is 2.44. The largest absolute Gasteiger partial charge is 0.450 e. The van der Waals surface area contributed by atoms with E-state index in [1.807, 2.05) is 6.08 Å². The van der Waals surface area contributed by atoms with E-state index in [2.05, 4.69) is 19.2 Å². The van der Waals surface area contributed by atoms with Crippen molar-refractivity contribution in [3.05, 3.63) is 12.2 Å². The van der Waals surface area contributed by atoms with E-state index in [0.29, 0.717) is 0 Å². The summed E-state index contributed by atoms with van der Waals surface area (Å²) in [6.45, 7) is 3.95. The van der Waals surface area contributed by atoms with E-state index in [0.717, 1.165) is 38.5 Å². The molecule has 0 saturated carbocycles. The van der Waals surface area contributed by atoms with Crippen LogP contribution in [-0.2, 0) is 14.2 Å². The van der Waals surface area contributed by atoms with Crippen LogP contribution in [0.2, 0.25) is 0 Å². The Labute approximate surface area is 355 Å². The molecule has 1 heterocycles. The molecule has 0 unspecified atom stereocenters. The smallest absolute Gasteiger partial charge is 0.407 e. The first-order valence-electron chi connectivity index (χ1n) is 24.6. The second-order valence-corrected chi connectivity index (χ2v) is 17.2. The number of unbranched alkanes of at least 4 members (excludes halogenated alkanes) is 31. The monoisotopic (exact) mass is 828 g/mol. The number of aliphatic hydroxyl groups is 5. The minimum atomic E-state index is -1.59. The molecule has 0 aromatic rings. The van der Waals surface area contributed by atoms with Gasteiger partial charge in [0.1, 0.15) is 24.4 Å². The molecular weight excluding hydrogens is 735 g/mol. The Balaban J connectivity index is 2.25. The highest BCUT2D eigenvalue weighted by molar-refractivity contribution is 5.67. The summed E-state index contributed by atoms with van der Waals surface area (Å²) in [7, 11) is 0. The average molecular weight is 828 g/mol. The van der Waals surface area contributed by atoms with Crippen LogP contribution in [0.1, 0.15) is 226 Å².